The van der Waals surface area contributed by atoms with Crippen molar-refractivity contribution in [2.24, 2.45) is 0 Å². The van der Waals surface area contributed by atoms with E-state index in [9.17, 15) is 18.0 Å². The largest absolute Gasteiger partial charge is 0.416 e. The second-order valence-corrected chi connectivity index (χ2v) is 7.84. The predicted molar refractivity (Wildman–Crippen MR) is 107 cm³/mol. The third-order valence-electron chi connectivity index (χ3n) is 5.51. The standard InChI is InChI=1S/C22H20ClF3N2O/c23-16-6-7-20-18(11-16)19(13-27-20)17(12-21(29)28-8-1-2-9-28)14-4-3-5-15(10-14)22(24,25)26/h3-7,10-11,13,17,27H,1-2,8-9,12H2/t17-/m1/s1. The van der Waals surface area contributed by atoms with Crippen LogP contribution >= 0.6 is 11.6 Å². The maximum absolute atomic E-state index is 13.3. The van der Waals surface area contributed by atoms with Crippen LogP contribution in [0.25, 0.3) is 10.9 Å². The fourth-order valence-corrected chi connectivity index (χ4v) is 4.18. The van der Waals surface area contributed by atoms with E-state index in [1.807, 2.05) is 6.07 Å². The molecule has 0 bridgehead atoms. The molecule has 1 amide bonds. The number of carbonyl (C=O) groups is 1. The number of nitrogens with one attached hydrogen (secondary N) is 1. The average molecular weight is 421 g/mol. The summed E-state index contributed by atoms with van der Waals surface area (Å²) in [5, 5.41) is 1.35. The van der Waals surface area contributed by atoms with Crippen molar-refractivity contribution in [1.82, 2.24) is 9.88 Å². The van der Waals surface area contributed by atoms with E-state index in [4.69, 9.17) is 11.6 Å². The number of amides is 1. The van der Waals surface area contributed by atoms with E-state index in [-0.39, 0.29) is 12.3 Å². The van der Waals surface area contributed by atoms with Crippen LogP contribution < -0.4 is 0 Å². The van der Waals surface area contributed by atoms with E-state index < -0.39 is 17.7 Å². The molecule has 0 aliphatic carbocycles. The summed E-state index contributed by atoms with van der Waals surface area (Å²) in [7, 11) is 0. The molecule has 152 valence electrons. The number of benzene rings is 2. The highest BCUT2D eigenvalue weighted by atomic mass is 35.5. The predicted octanol–water partition coefficient (Wildman–Crippen LogP) is 5.98. The number of aromatic amines is 1. The summed E-state index contributed by atoms with van der Waals surface area (Å²) in [5.41, 5.74) is 1.35. The van der Waals surface area contributed by atoms with Gasteiger partial charge < -0.3 is 9.88 Å². The highest BCUT2D eigenvalue weighted by Crippen LogP contribution is 2.38. The highest BCUT2D eigenvalue weighted by molar-refractivity contribution is 6.31. The van der Waals surface area contributed by atoms with Gasteiger partial charge in [-0.1, -0.05) is 29.8 Å². The smallest absolute Gasteiger partial charge is 0.361 e. The monoisotopic (exact) mass is 420 g/mol. The molecule has 2 heterocycles. The van der Waals surface area contributed by atoms with Gasteiger partial charge >= 0.3 is 6.18 Å². The van der Waals surface area contributed by atoms with Crippen molar-refractivity contribution in [3.8, 4) is 0 Å². The van der Waals surface area contributed by atoms with E-state index >= 15 is 0 Å². The number of hydrogen-bond donors (Lipinski definition) is 1. The van der Waals surface area contributed by atoms with Crippen molar-refractivity contribution in [3.05, 3.63) is 70.4 Å². The SMILES string of the molecule is O=C(C[C@H](c1cccc(C(F)(F)F)c1)c1c[nH]c2ccc(Cl)cc12)N1CCCC1. The van der Waals surface area contributed by atoms with Gasteiger partial charge in [-0.25, -0.2) is 0 Å². The molecule has 0 saturated carbocycles. The number of hydrogen-bond acceptors (Lipinski definition) is 1. The molecule has 1 saturated heterocycles. The Morgan fingerprint density at radius 1 is 1.14 bits per heavy atom. The number of H-pyrrole nitrogens is 1. The maximum atomic E-state index is 13.3. The van der Waals surface area contributed by atoms with Crippen LogP contribution in [0.3, 0.4) is 0 Å². The maximum Gasteiger partial charge on any atom is 0.416 e. The van der Waals surface area contributed by atoms with Gasteiger partial charge in [-0.05, 0) is 48.2 Å². The van der Waals surface area contributed by atoms with Gasteiger partial charge in [0.05, 0.1) is 5.56 Å². The van der Waals surface area contributed by atoms with Crippen LogP contribution in [0, 0.1) is 0 Å². The topological polar surface area (TPSA) is 36.1 Å². The first kappa shape index (κ1) is 19.8. The molecule has 1 N–H and O–H groups in total. The number of fused-ring (bicyclic) bond motifs is 1. The number of halogens is 4. The molecular weight excluding hydrogens is 401 g/mol. The van der Waals surface area contributed by atoms with Crippen molar-refractivity contribution in [3.63, 3.8) is 0 Å². The number of carbonyl (C=O) groups excluding carboxylic acids is 1. The van der Waals surface area contributed by atoms with Gasteiger partial charge in [-0.2, -0.15) is 13.2 Å². The van der Waals surface area contributed by atoms with Crippen LogP contribution in [0.2, 0.25) is 5.02 Å². The molecule has 0 spiro atoms. The minimum Gasteiger partial charge on any atom is -0.361 e. The van der Waals surface area contributed by atoms with Gasteiger partial charge in [0.2, 0.25) is 5.91 Å². The van der Waals surface area contributed by atoms with Gasteiger partial charge in [0.25, 0.3) is 0 Å². The Bertz CT molecular complexity index is 1040. The Kier molecular flexibility index (Phi) is 5.30. The lowest BCUT2D eigenvalue weighted by atomic mass is 9.87. The van der Waals surface area contributed by atoms with Crippen LogP contribution in [-0.2, 0) is 11.0 Å². The van der Waals surface area contributed by atoms with E-state index in [2.05, 4.69) is 4.98 Å². The Morgan fingerprint density at radius 3 is 2.62 bits per heavy atom. The van der Waals surface area contributed by atoms with Gasteiger partial charge in [-0.3, -0.25) is 4.79 Å². The first-order valence-corrected chi connectivity index (χ1v) is 9.92. The highest BCUT2D eigenvalue weighted by Gasteiger charge is 2.32. The second kappa shape index (κ2) is 7.75. The van der Waals surface area contributed by atoms with Gasteiger partial charge in [0, 0.05) is 47.6 Å². The molecule has 29 heavy (non-hydrogen) atoms. The molecule has 3 aromatic rings. The van der Waals surface area contributed by atoms with Crippen LogP contribution in [0.5, 0.6) is 0 Å². The lowest BCUT2D eigenvalue weighted by molar-refractivity contribution is -0.137. The van der Waals surface area contributed by atoms with Gasteiger partial charge in [-0.15, -0.1) is 0 Å². The fourth-order valence-electron chi connectivity index (χ4n) is 4.01. The summed E-state index contributed by atoms with van der Waals surface area (Å²) in [4.78, 5) is 17.8. The Labute approximate surface area is 171 Å². The van der Waals surface area contributed by atoms with E-state index in [1.165, 1.54) is 6.07 Å². The molecule has 7 heteroatoms. The lowest BCUT2D eigenvalue weighted by Crippen LogP contribution is -2.29. The molecule has 3 nitrogen and oxygen atoms in total. The summed E-state index contributed by atoms with van der Waals surface area (Å²) in [5.74, 6) is -0.543. The Morgan fingerprint density at radius 2 is 1.90 bits per heavy atom. The average Bonchev–Trinajstić information content (AvgIpc) is 3.35. The van der Waals surface area contributed by atoms with Crippen molar-refractivity contribution < 1.29 is 18.0 Å². The molecule has 0 unspecified atom stereocenters. The molecule has 2 aromatic carbocycles. The number of rotatable bonds is 4. The molecule has 4 rings (SSSR count). The number of nitrogens with zero attached hydrogens (tertiary/aromatic N) is 1. The Balaban J connectivity index is 1.78. The fraction of sp³-hybridized carbons (Fsp3) is 0.318. The minimum absolute atomic E-state index is 0.0405. The molecule has 1 fully saturated rings. The first-order chi connectivity index (χ1) is 13.8. The van der Waals surface area contributed by atoms with Crippen LogP contribution in [0.1, 0.15) is 41.9 Å². The van der Waals surface area contributed by atoms with Crippen molar-refractivity contribution in [2.75, 3.05) is 13.1 Å². The third-order valence-corrected chi connectivity index (χ3v) is 5.74. The Hall–Kier alpha value is -2.47. The summed E-state index contributed by atoms with van der Waals surface area (Å²) >= 11 is 6.15. The second-order valence-electron chi connectivity index (χ2n) is 7.40. The molecule has 1 aliphatic rings. The zero-order valence-corrected chi connectivity index (χ0v) is 16.4. The molecular formula is C22H20ClF3N2O. The summed E-state index contributed by atoms with van der Waals surface area (Å²) < 4.78 is 39.9. The summed E-state index contributed by atoms with van der Waals surface area (Å²) in [6.45, 7) is 1.40. The normalized spacial score (nSPS) is 15.8. The third kappa shape index (κ3) is 4.13. The van der Waals surface area contributed by atoms with E-state index in [0.29, 0.717) is 23.7 Å². The number of alkyl halides is 3. The summed E-state index contributed by atoms with van der Waals surface area (Å²) in [6.07, 6.45) is -0.641. The van der Waals surface area contributed by atoms with E-state index in [1.54, 1.807) is 29.3 Å². The minimum atomic E-state index is -4.44. The van der Waals surface area contributed by atoms with Crippen LogP contribution in [0.15, 0.2) is 48.7 Å². The molecule has 0 radical (unpaired) electrons. The zero-order valence-electron chi connectivity index (χ0n) is 15.6. The molecule has 1 aliphatic heterocycles. The van der Waals surface area contributed by atoms with Crippen LogP contribution in [-0.4, -0.2) is 28.9 Å². The zero-order chi connectivity index (χ0) is 20.6. The molecule has 1 aromatic heterocycles. The van der Waals surface area contributed by atoms with Crippen molar-refractivity contribution in [2.45, 2.75) is 31.4 Å². The molecule has 1 atom stereocenters. The van der Waals surface area contributed by atoms with Gasteiger partial charge in [0.1, 0.15) is 0 Å². The number of likely N-dealkylation sites (tertiary alicyclic amines) is 1. The quantitative estimate of drug-likeness (QED) is 0.553. The number of aromatic nitrogens is 1. The van der Waals surface area contributed by atoms with E-state index in [0.717, 1.165) is 41.4 Å². The lowest BCUT2D eigenvalue weighted by Gasteiger charge is -2.22. The first-order valence-electron chi connectivity index (χ1n) is 9.54. The summed E-state index contributed by atoms with van der Waals surface area (Å²) in [6, 6.07) is 10.6. The van der Waals surface area contributed by atoms with Crippen molar-refractivity contribution in [1.29, 1.82) is 0 Å². The van der Waals surface area contributed by atoms with Gasteiger partial charge in [0.15, 0.2) is 0 Å². The van der Waals surface area contributed by atoms with Crippen molar-refractivity contribution >= 4 is 28.4 Å². The van der Waals surface area contributed by atoms with Crippen LogP contribution in [0.4, 0.5) is 13.2 Å².